The highest BCUT2D eigenvalue weighted by atomic mass is 15.2. The van der Waals surface area contributed by atoms with Crippen LogP contribution < -0.4 is 4.90 Å². The topological polar surface area (TPSA) is 19.4 Å². The van der Waals surface area contributed by atoms with Crippen molar-refractivity contribution >= 4 is 5.82 Å². The summed E-state index contributed by atoms with van der Waals surface area (Å²) in [5.74, 6) is 1.13. The van der Waals surface area contributed by atoms with Crippen molar-refractivity contribution in [3.05, 3.63) is 24.4 Å². The fraction of sp³-hybridized carbons (Fsp3) is 0.737. The fourth-order valence-corrected chi connectivity index (χ4v) is 2.77. The van der Waals surface area contributed by atoms with Crippen LogP contribution >= 0.6 is 0 Å². The van der Waals surface area contributed by atoms with Crippen molar-refractivity contribution < 1.29 is 0 Å². The third-order valence-electron chi connectivity index (χ3n) is 4.34. The van der Waals surface area contributed by atoms with Gasteiger partial charge in [-0.1, -0.05) is 58.9 Å². The van der Waals surface area contributed by atoms with E-state index in [0.717, 1.165) is 38.5 Å². The number of hydrogen-bond donors (Lipinski definition) is 0. The molecule has 0 spiro atoms. The molecular weight excluding hydrogens is 270 g/mol. The van der Waals surface area contributed by atoms with E-state index in [0.29, 0.717) is 0 Å². The summed E-state index contributed by atoms with van der Waals surface area (Å²) >= 11 is 0. The monoisotopic (exact) mass is 305 g/mol. The maximum atomic E-state index is 4.54. The molecule has 0 aliphatic heterocycles. The Bertz CT molecular complexity index is 349. The highest BCUT2D eigenvalue weighted by Gasteiger charge is 2.09. The molecule has 0 bridgehead atoms. The number of unbranched alkanes of at least 4 members (excludes halogenated alkanes) is 5. The van der Waals surface area contributed by atoms with Gasteiger partial charge in [0.05, 0.1) is 0 Å². The zero-order valence-electron chi connectivity index (χ0n) is 14.9. The number of anilines is 1. The van der Waals surface area contributed by atoms with E-state index in [-0.39, 0.29) is 0 Å². The van der Waals surface area contributed by atoms with Gasteiger partial charge in [-0.25, -0.2) is 4.98 Å². The Labute approximate surface area is 137 Å². The Kier molecular flexibility index (Phi) is 10.7. The van der Waals surface area contributed by atoms with Gasteiger partial charge in [-0.2, -0.15) is 0 Å². The van der Waals surface area contributed by atoms with E-state index < -0.39 is 0 Å². The van der Waals surface area contributed by atoms with Gasteiger partial charge in [-0.3, -0.25) is 0 Å². The van der Waals surface area contributed by atoms with Crippen molar-refractivity contribution in [1.29, 1.82) is 0 Å². The smallest absolute Gasteiger partial charge is 0.128 e. The van der Waals surface area contributed by atoms with Crippen molar-refractivity contribution in [1.82, 2.24) is 9.88 Å². The van der Waals surface area contributed by atoms with Crippen LogP contribution in [0.2, 0.25) is 0 Å². The first-order valence-corrected chi connectivity index (χ1v) is 9.20. The molecule has 0 aromatic carbocycles. The normalized spacial score (nSPS) is 11.1. The first kappa shape index (κ1) is 19.0. The third-order valence-corrected chi connectivity index (χ3v) is 4.34. The first-order chi connectivity index (χ1) is 10.8. The van der Waals surface area contributed by atoms with Gasteiger partial charge < -0.3 is 9.80 Å². The lowest BCUT2D eigenvalue weighted by Crippen LogP contribution is -2.36. The summed E-state index contributed by atoms with van der Waals surface area (Å²) in [6, 6.07) is 6.23. The number of likely N-dealkylation sites (N-methyl/N-ethyl adjacent to an activating group) is 1. The molecule has 1 rings (SSSR count). The van der Waals surface area contributed by atoms with Crippen LogP contribution in [0.15, 0.2) is 24.4 Å². The molecule has 0 aliphatic rings. The Balaban J connectivity index is 2.41. The number of hydrogen-bond acceptors (Lipinski definition) is 3. The summed E-state index contributed by atoms with van der Waals surface area (Å²) < 4.78 is 0. The van der Waals surface area contributed by atoms with E-state index in [1.54, 1.807) is 0 Å². The first-order valence-electron chi connectivity index (χ1n) is 9.20. The zero-order chi connectivity index (χ0) is 16.0. The van der Waals surface area contributed by atoms with Crippen LogP contribution in [0.3, 0.4) is 0 Å². The summed E-state index contributed by atoms with van der Waals surface area (Å²) in [4.78, 5) is 9.48. The predicted octanol–water partition coefficient (Wildman–Crippen LogP) is 4.59. The Morgan fingerprint density at radius 2 is 1.55 bits per heavy atom. The lowest BCUT2D eigenvalue weighted by Gasteiger charge is -2.27. The summed E-state index contributed by atoms with van der Waals surface area (Å²) in [6.07, 6.45) is 9.99. The van der Waals surface area contributed by atoms with Crippen LogP contribution in [0.1, 0.15) is 59.3 Å². The van der Waals surface area contributed by atoms with Crippen molar-refractivity contribution in [3.63, 3.8) is 0 Å². The largest absolute Gasteiger partial charge is 0.355 e. The molecule has 0 aliphatic carbocycles. The highest BCUT2D eigenvalue weighted by Crippen LogP contribution is 2.12. The minimum absolute atomic E-state index is 1.08. The maximum Gasteiger partial charge on any atom is 0.128 e. The van der Waals surface area contributed by atoms with Crippen LogP contribution in [-0.2, 0) is 0 Å². The molecule has 0 amide bonds. The molecule has 0 radical (unpaired) electrons. The molecule has 0 N–H and O–H groups in total. The van der Waals surface area contributed by atoms with Crippen LogP contribution in [0, 0.1) is 0 Å². The standard InChI is InChI=1S/C19H35N3/c1-4-7-8-9-10-13-16-22(18-17-21(5-2)6-3)19-14-11-12-15-20-19/h11-12,14-15H,4-10,13,16-18H2,1-3H3. The molecule has 1 aromatic heterocycles. The predicted molar refractivity (Wildman–Crippen MR) is 97.6 cm³/mol. The van der Waals surface area contributed by atoms with Gasteiger partial charge in [0.2, 0.25) is 0 Å². The fourth-order valence-electron chi connectivity index (χ4n) is 2.77. The third kappa shape index (κ3) is 7.79. The Hall–Kier alpha value is -1.09. The van der Waals surface area contributed by atoms with E-state index in [4.69, 9.17) is 0 Å². The van der Waals surface area contributed by atoms with Gasteiger partial charge in [0.25, 0.3) is 0 Å². The molecule has 126 valence electrons. The molecule has 0 saturated heterocycles. The van der Waals surface area contributed by atoms with E-state index in [1.807, 2.05) is 12.3 Å². The van der Waals surface area contributed by atoms with Gasteiger partial charge in [0.15, 0.2) is 0 Å². The number of rotatable bonds is 13. The summed E-state index contributed by atoms with van der Waals surface area (Å²) in [5.41, 5.74) is 0. The van der Waals surface area contributed by atoms with Crippen LogP contribution in [0.5, 0.6) is 0 Å². The summed E-state index contributed by atoms with van der Waals surface area (Å²) in [5, 5.41) is 0. The Morgan fingerprint density at radius 3 is 2.18 bits per heavy atom. The number of nitrogens with zero attached hydrogens (tertiary/aromatic N) is 3. The number of aromatic nitrogens is 1. The van der Waals surface area contributed by atoms with E-state index in [1.165, 1.54) is 38.5 Å². The highest BCUT2D eigenvalue weighted by molar-refractivity contribution is 5.37. The van der Waals surface area contributed by atoms with Gasteiger partial charge in [-0.15, -0.1) is 0 Å². The molecular formula is C19H35N3. The van der Waals surface area contributed by atoms with E-state index >= 15 is 0 Å². The van der Waals surface area contributed by atoms with Crippen LogP contribution in [-0.4, -0.2) is 42.6 Å². The van der Waals surface area contributed by atoms with Gasteiger partial charge >= 0.3 is 0 Å². The second kappa shape index (κ2) is 12.5. The summed E-state index contributed by atoms with van der Waals surface area (Å²) in [7, 11) is 0. The van der Waals surface area contributed by atoms with E-state index in [2.05, 4.69) is 47.7 Å². The lowest BCUT2D eigenvalue weighted by atomic mass is 10.1. The molecule has 22 heavy (non-hydrogen) atoms. The van der Waals surface area contributed by atoms with Crippen LogP contribution in [0.4, 0.5) is 5.82 Å². The molecule has 0 atom stereocenters. The molecule has 0 saturated carbocycles. The summed E-state index contributed by atoms with van der Waals surface area (Å²) in [6.45, 7) is 12.3. The minimum Gasteiger partial charge on any atom is -0.355 e. The average molecular weight is 306 g/mol. The van der Waals surface area contributed by atoms with Gasteiger partial charge in [0.1, 0.15) is 5.82 Å². The van der Waals surface area contributed by atoms with Gasteiger partial charge in [0, 0.05) is 25.8 Å². The lowest BCUT2D eigenvalue weighted by molar-refractivity contribution is 0.309. The molecule has 1 aromatic rings. The van der Waals surface area contributed by atoms with Crippen molar-refractivity contribution in [3.8, 4) is 0 Å². The maximum absolute atomic E-state index is 4.54. The molecule has 0 unspecified atom stereocenters. The average Bonchev–Trinajstić information content (AvgIpc) is 2.57. The zero-order valence-corrected chi connectivity index (χ0v) is 14.9. The van der Waals surface area contributed by atoms with Crippen LogP contribution in [0.25, 0.3) is 0 Å². The SMILES string of the molecule is CCCCCCCCN(CCN(CC)CC)c1ccccn1. The minimum atomic E-state index is 1.08. The van der Waals surface area contributed by atoms with E-state index in [9.17, 15) is 0 Å². The molecule has 1 heterocycles. The van der Waals surface area contributed by atoms with Gasteiger partial charge in [-0.05, 0) is 31.6 Å². The second-order valence-corrected chi connectivity index (χ2v) is 5.97. The molecule has 0 fully saturated rings. The quantitative estimate of drug-likeness (QED) is 0.497. The number of pyridine rings is 1. The van der Waals surface area contributed by atoms with Crippen molar-refractivity contribution in [2.24, 2.45) is 0 Å². The molecule has 3 heteroatoms. The second-order valence-electron chi connectivity index (χ2n) is 5.97. The van der Waals surface area contributed by atoms with Crippen molar-refractivity contribution in [2.45, 2.75) is 59.3 Å². The Morgan fingerprint density at radius 1 is 0.818 bits per heavy atom. The van der Waals surface area contributed by atoms with Crippen molar-refractivity contribution in [2.75, 3.05) is 37.6 Å². The molecule has 3 nitrogen and oxygen atoms in total.